The standard InChI is InChI=1S/C10H21N3O3/c1-5-11-10(16)12-8(6-9(14)15)7-13(2,3)4/h8H,5-7H2,1-4H3,(H2-,11,12,14,15,16)/p+1. The Morgan fingerprint density at radius 1 is 1.31 bits per heavy atom. The van der Waals surface area contributed by atoms with Crippen LogP contribution in [0.2, 0.25) is 0 Å². The first-order chi connectivity index (χ1) is 7.24. The highest BCUT2D eigenvalue weighted by molar-refractivity contribution is 5.75. The van der Waals surface area contributed by atoms with Gasteiger partial charge in [0, 0.05) is 6.54 Å². The van der Waals surface area contributed by atoms with Crippen molar-refractivity contribution >= 4 is 12.0 Å². The lowest BCUT2D eigenvalue weighted by atomic mass is 10.2. The van der Waals surface area contributed by atoms with E-state index in [-0.39, 0.29) is 18.5 Å². The van der Waals surface area contributed by atoms with Gasteiger partial charge in [-0.1, -0.05) is 0 Å². The monoisotopic (exact) mass is 232 g/mol. The summed E-state index contributed by atoms with van der Waals surface area (Å²) in [7, 11) is 5.86. The molecule has 0 radical (unpaired) electrons. The number of carbonyl (C=O) groups is 2. The largest absolute Gasteiger partial charge is 0.481 e. The SMILES string of the molecule is CCNC(=O)NC(CC(=O)O)C[N+](C)(C)C. The van der Waals surface area contributed by atoms with Gasteiger partial charge in [-0.25, -0.2) is 4.79 Å². The van der Waals surface area contributed by atoms with E-state index in [1.54, 1.807) is 0 Å². The zero-order valence-corrected chi connectivity index (χ0v) is 10.4. The van der Waals surface area contributed by atoms with Crippen molar-refractivity contribution in [3.8, 4) is 0 Å². The highest BCUT2D eigenvalue weighted by atomic mass is 16.4. The number of nitrogens with one attached hydrogen (secondary N) is 2. The number of urea groups is 1. The topological polar surface area (TPSA) is 78.4 Å². The van der Waals surface area contributed by atoms with E-state index in [2.05, 4.69) is 10.6 Å². The summed E-state index contributed by atoms with van der Waals surface area (Å²) in [6.07, 6.45) is -0.0628. The molecule has 0 bridgehead atoms. The number of rotatable bonds is 6. The van der Waals surface area contributed by atoms with Gasteiger partial charge < -0.3 is 20.2 Å². The van der Waals surface area contributed by atoms with Crippen molar-refractivity contribution in [3.63, 3.8) is 0 Å². The first-order valence-corrected chi connectivity index (χ1v) is 5.31. The smallest absolute Gasteiger partial charge is 0.315 e. The van der Waals surface area contributed by atoms with Crippen LogP contribution in [0, 0.1) is 0 Å². The molecule has 3 N–H and O–H groups in total. The first-order valence-electron chi connectivity index (χ1n) is 5.31. The number of carboxylic acids is 1. The Bertz CT molecular complexity index is 248. The molecule has 6 nitrogen and oxygen atoms in total. The lowest BCUT2D eigenvalue weighted by molar-refractivity contribution is -0.871. The predicted octanol–water partition coefficient (Wildman–Crippen LogP) is -0.145. The Morgan fingerprint density at radius 3 is 2.25 bits per heavy atom. The summed E-state index contributed by atoms with van der Waals surface area (Å²) in [5, 5.41) is 14.0. The van der Waals surface area contributed by atoms with Crippen molar-refractivity contribution in [3.05, 3.63) is 0 Å². The molecule has 1 atom stereocenters. The number of nitrogens with zero attached hydrogens (tertiary/aromatic N) is 1. The average Bonchev–Trinajstić information content (AvgIpc) is 1.98. The molecule has 6 heteroatoms. The highest BCUT2D eigenvalue weighted by Crippen LogP contribution is 2.00. The first kappa shape index (κ1) is 14.7. The van der Waals surface area contributed by atoms with Gasteiger partial charge in [0.2, 0.25) is 0 Å². The Morgan fingerprint density at radius 2 is 1.88 bits per heavy atom. The Kier molecular flexibility index (Phi) is 5.81. The Labute approximate surface area is 96.2 Å². The van der Waals surface area contributed by atoms with E-state index in [0.717, 1.165) is 0 Å². The molecule has 2 amide bonds. The molecule has 0 aromatic rings. The van der Waals surface area contributed by atoms with Crippen LogP contribution in [0.25, 0.3) is 0 Å². The van der Waals surface area contributed by atoms with Gasteiger partial charge in [-0.2, -0.15) is 0 Å². The Balaban J connectivity index is 4.31. The van der Waals surface area contributed by atoms with Crippen LogP contribution in [0.4, 0.5) is 4.79 Å². The average molecular weight is 232 g/mol. The fourth-order valence-electron chi connectivity index (χ4n) is 1.43. The molecule has 16 heavy (non-hydrogen) atoms. The number of carbonyl (C=O) groups excluding carboxylic acids is 1. The highest BCUT2D eigenvalue weighted by Gasteiger charge is 2.22. The van der Waals surface area contributed by atoms with E-state index in [4.69, 9.17) is 5.11 Å². The molecule has 0 aromatic carbocycles. The van der Waals surface area contributed by atoms with Crippen molar-refractivity contribution in [1.29, 1.82) is 0 Å². The molecule has 94 valence electrons. The van der Waals surface area contributed by atoms with E-state index < -0.39 is 5.97 Å². The van der Waals surface area contributed by atoms with Crippen LogP contribution in [0.3, 0.4) is 0 Å². The van der Waals surface area contributed by atoms with Gasteiger partial charge in [0.05, 0.1) is 40.2 Å². The molecular weight excluding hydrogens is 210 g/mol. The van der Waals surface area contributed by atoms with Crippen molar-refractivity contribution in [2.75, 3.05) is 34.2 Å². The molecule has 0 saturated heterocycles. The lowest BCUT2D eigenvalue weighted by Gasteiger charge is -2.29. The van der Waals surface area contributed by atoms with Crippen LogP contribution in [0.15, 0.2) is 0 Å². The van der Waals surface area contributed by atoms with Crippen LogP contribution in [0.5, 0.6) is 0 Å². The van der Waals surface area contributed by atoms with Crippen molar-refractivity contribution < 1.29 is 19.2 Å². The van der Waals surface area contributed by atoms with Crippen molar-refractivity contribution in [2.45, 2.75) is 19.4 Å². The van der Waals surface area contributed by atoms with Crippen molar-refractivity contribution in [1.82, 2.24) is 10.6 Å². The maximum atomic E-state index is 11.3. The normalized spacial score (nSPS) is 13.0. The van der Waals surface area contributed by atoms with Gasteiger partial charge in [-0.15, -0.1) is 0 Å². The fourth-order valence-corrected chi connectivity index (χ4v) is 1.43. The number of likely N-dealkylation sites (N-methyl/N-ethyl adjacent to an activating group) is 1. The molecule has 0 rings (SSSR count). The number of hydrogen-bond donors (Lipinski definition) is 3. The molecule has 0 aliphatic carbocycles. The van der Waals surface area contributed by atoms with E-state index in [1.165, 1.54) is 0 Å². The number of carboxylic acid groups (broad SMARTS) is 1. The molecule has 0 aromatic heterocycles. The summed E-state index contributed by atoms with van der Waals surface area (Å²) >= 11 is 0. The third-order valence-corrected chi connectivity index (χ3v) is 1.86. The summed E-state index contributed by atoms with van der Waals surface area (Å²) in [5.74, 6) is -0.907. The predicted molar refractivity (Wildman–Crippen MR) is 61.1 cm³/mol. The molecule has 0 fully saturated rings. The lowest BCUT2D eigenvalue weighted by Crippen LogP contribution is -2.51. The molecule has 1 unspecified atom stereocenters. The Hall–Kier alpha value is -1.30. The zero-order valence-electron chi connectivity index (χ0n) is 10.4. The van der Waals surface area contributed by atoms with Crippen LogP contribution in [-0.2, 0) is 4.79 Å². The van der Waals surface area contributed by atoms with Gasteiger partial charge in [-0.3, -0.25) is 4.79 Å². The maximum Gasteiger partial charge on any atom is 0.315 e. The molecule has 0 saturated carbocycles. The van der Waals surface area contributed by atoms with Crippen LogP contribution >= 0.6 is 0 Å². The number of aliphatic carboxylic acids is 1. The summed E-state index contributed by atoms with van der Waals surface area (Å²) in [4.78, 5) is 22.0. The van der Waals surface area contributed by atoms with E-state index in [0.29, 0.717) is 17.6 Å². The minimum absolute atomic E-state index is 0.0628. The molecular formula is C10H22N3O3+. The molecule has 0 heterocycles. The second kappa shape index (κ2) is 6.32. The minimum Gasteiger partial charge on any atom is -0.481 e. The summed E-state index contributed by atoms with van der Waals surface area (Å²) in [5.41, 5.74) is 0. The molecule has 0 spiro atoms. The van der Waals surface area contributed by atoms with Gasteiger partial charge in [0.1, 0.15) is 0 Å². The zero-order chi connectivity index (χ0) is 12.8. The van der Waals surface area contributed by atoms with E-state index in [9.17, 15) is 9.59 Å². The maximum absolute atomic E-state index is 11.3. The molecule has 0 aliphatic rings. The number of quaternary nitrogens is 1. The summed E-state index contributed by atoms with van der Waals surface area (Å²) in [6.45, 7) is 2.91. The fraction of sp³-hybridized carbons (Fsp3) is 0.800. The van der Waals surface area contributed by atoms with Gasteiger partial charge in [0.25, 0.3) is 0 Å². The van der Waals surface area contributed by atoms with Crippen LogP contribution in [-0.4, -0.2) is 61.9 Å². The van der Waals surface area contributed by atoms with Gasteiger partial charge in [0.15, 0.2) is 0 Å². The van der Waals surface area contributed by atoms with Crippen LogP contribution in [0.1, 0.15) is 13.3 Å². The number of amides is 2. The quantitative estimate of drug-likeness (QED) is 0.557. The van der Waals surface area contributed by atoms with Gasteiger partial charge >= 0.3 is 12.0 Å². The molecule has 0 aliphatic heterocycles. The van der Waals surface area contributed by atoms with E-state index >= 15 is 0 Å². The van der Waals surface area contributed by atoms with E-state index in [1.807, 2.05) is 28.1 Å². The van der Waals surface area contributed by atoms with Crippen LogP contribution < -0.4 is 10.6 Å². The van der Waals surface area contributed by atoms with Crippen molar-refractivity contribution in [2.24, 2.45) is 0 Å². The number of hydrogen-bond acceptors (Lipinski definition) is 2. The summed E-state index contributed by atoms with van der Waals surface area (Å²) < 4.78 is 0.602. The third-order valence-electron chi connectivity index (χ3n) is 1.86. The second-order valence-electron chi connectivity index (χ2n) is 4.77. The van der Waals surface area contributed by atoms with Gasteiger partial charge in [-0.05, 0) is 6.92 Å². The second-order valence-corrected chi connectivity index (χ2v) is 4.77. The third kappa shape index (κ3) is 8.05. The summed E-state index contributed by atoms with van der Waals surface area (Å²) in [6, 6.07) is -0.675. The minimum atomic E-state index is -0.907.